The first-order valence-corrected chi connectivity index (χ1v) is 19.3. The van der Waals surface area contributed by atoms with Gasteiger partial charge in [-0.05, 0) is 42.2 Å². The molecule has 0 radical (unpaired) electrons. The highest BCUT2D eigenvalue weighted by Gasteiger charge is 2.44. The molecule has 5 atom stereocenters. The van der Waals surface area contributed by atoms with Crippen molar-refractivity contribution in [2.75, 3.05) is 42.3 Å². The lowest BCUT2D eigenvalue weighted by Crippen LogP contribution is -2.43. The van der Waals surface area contributed by atoms with Crippen LogP contribution >= 0.6 is 0 Å². The summed E-state index contributed by atoms with van der Waals surface area (Å²) in [5.41, 5.74) is 3.33. The van der Waals surface area contributed by atoms with Gasteiger partial charge < -0.3 is 45.7 Å². The van der Waals surface area contributed by atoms with Gasteiger partial charge in [-0.2, -0.15) is 9.97 Å². The van der Waals surface area contributed by atoms with Gasteiger partial charge in [0.15, 0.2) is 17.0 Å². The van der Waals surface area contributed by atoms with Crippen molar-refractivity contribution < 1.29 is 33.0 Å². The Hall–Kier alpha value is -5.82. The third-order valence-electron chi connectivity index (χ3n) is 10.0. The van der Waals surface area contributed by atoms with Gasteiger partial charge in [0.2, 0.25) is 16.0 Å². The molecule has 17 nitrogen and oxygen atoms in total. The molecule has 0 spiro atoms. The van der Waals surface area contributed by atoms with E-state index in [0.717, 1.165) is 11.1 Å². The molecule has 2 aliphatic rings. The summed E-state index contributed by atoms with van der Waals surface area (Å²) in [4.78, 5) is 41.3. The number of carbonyl (C=O) groups excluding carboxylic acids is 2. The van der Waals surface area contributed by atoms with Crippen LogP contribution in [-0.2, 0) is 14.8 Å². The minimum atomic E-state index is -3.95. The average Bonchev–Trinajstić information content (AvgIpc) is 3.90. The first-order chi connectivity index (χ1) is 26.5. The lowest BCUT2D eigenvalue weighted by atomic mass is 9.91. The first-order valence-electron chi connectivity index (χ1n) is 17.7. The third-order valence-corrected chi connectivity index (χ3v) is 10.9. The highest BCUT2D eigenvalue weighted by atomic mass is 32.2. The Morgan fingerprint density at radius 3 is 2.35 bits per heavy atom. The molecule has 1 aliphatic heterocycles. The number of imidazole rings is 1. The topological polar surface area (TPSA) is 239 Å². The molecule has 1 saturated carbocycles. The van der Waals surface area contributed by atoms with E-state index >= 15 is 0 Å². The number of urea groups is 1. The van der Waals surface area contributed by atoms with Crippen molar-refractivity contribution in [1.82, 2.24) is 30.2 Å². The summed E-state index contributed by atoms with van der Waals surface area (Å²) in [6.07, 6.45) is -0.953. The molecule has 55 heavy (non-hydrogen) atoms. The van der Waals surface area contributed by atoms with Crippen molar-refractivity contribution in [2.45, 2.75) is 54.0 Å². The number of sulfonamides is 1. The average molecular weight is 771 g/mol. The fraction of sp³-hybridized carbons (Fsp3) is 0.324. The summed E-state index contributed by atoms with van der Waals surface area (Å²) >= 11 is 0. The van der Waals surface area contributed by atoms with Gasteiger partial charge >= 0.3 is 12.1 Å². The summed E-state index contributed by atoms with van der Waals surface area (Å²) in [5, 5.41) is 39.0. The summed E-state index contributed by atoms with van der Waals surface area (Å²) in [7, 11) is -2.73. The molecule has 7 rings (SSSR count). The fourth-order valence-electron chi connectivity index (χ4n) is 7.21. The number of anilines is 3. The molecular formula is C37H42N10O7S. The molecule has 0 unspecified atom stereocenters. The number of carbonyl (C=O) groups is 2. The highest BCUT2D eigenvalue weighted by Crippen LogP contribution is 2.35. The molecule has 2 fully saturated rings. The second kappa shape index (κ2) is 15.9. The van der Waals surface area contributed by atoms with E-state index in [-0.39, 0.29) is 29.0 Å². The Bertz CT molecular complexity index is 2220. The van der Waals surface area contributed by atoms with Crippen molar-refractivity contribution in [3.8, 4) is 0 Å². The molecule has 5 aromatic rings. The maximum atomic E-state index is 13.0. The molecule has 3 amide bonds. The van der Waals surface area contributed by atoms with E-state index < -0.39 is 46.4 Å². The van der Waals surface area contributed by atoms with E-state index in [1.165, 1.54) is 25.3 Å². The Morgan fingerprint density at radius 1 is 0.964 bits per heavy atom. The second-order valence-electron chi connectivity index (χ2n) is 13.6. The van der Waals surface area contributed by atoms with Crippen LogP contribution < -0.4 is 31.3 Å². The van der Waals surface area contributed by atoms with Gasteiger partial charge in [-0.15, -0.1) is 0 Å². The van der Waals surface area contributed by atoms with E-state index in [2.05, 4.69) is 50.5 Å². The van der Waals surface area contributed by atoms with Gasteiger partial charge in [-0.25, -0.2) is 28.1 Å². The number of fused-ring (bicyclic) bond motifs is 1. The smallest absolute Gasteiger partial charge is 0.407 e. The number of benzene rings is 3. The number of amides is 3. The number of aromatic nitrogens is 4. The van der Waals surface area contributed by atoms with E-state index in [1.54, 1.807) is 17.0 Å². The Kier molecular flexibility index (Phi) is 10.8. The van der Waals surface area contributed by atoms with Crippen LogP contribution in [-0.4, -0.2) is 101 Å². The van der Waals surface area contributed by atoms with Crippen LogP contribution in [0.25, 0.3) is 11.2 Å². The predicted octanol–water partition coefficient (Wildman–Crippen LogP) is 2.51. The number of hydrogen-bond donors (Lipinski definition) is 7. The van der Waals surface area contributed by atoms with Gasteiger partial charge in [0.05, 0.1) is 30.4 Å². The van der Waals surface area contributed by atoms with E-state index in [0.29, 0.717) is 49.0 Å². The van der Waals surface area contributed by atoms with Crippen LogP contribution in [0.3, 0.4) is 0 Å². The number of aliphatic hydroxyl groups is 2. The number of aliphatic hydroxyl groups excluding tert-OH is 2. The molecule has 18 heteroatoms. The Balaban J connectivity index is 1.16. The van der Waals surface area contributed by atoms with Crippen molar-refractivity contribution in [2.24, 2.45) is 5.14 Å². The Morgan fingerprint density at radius 2 is 1.67 bits per heavy atom. The minimum absolute atomic E-state index is 0.0422. The van der Waals surface area contributed by atoms with Crippen LogP contribution in [0.4, 0.5) is 27.0 Å². The number of ether oxygens (including phenoxy) is 1. The van der Waals surface area contributed by atoms with Crippen LogP contribution in [0.5, 0.6) is 0 Å². The molecule has 288 valence electrons. The SMILES string of the molecule is COC(=O)N[C@H]1C[C@@H](n2cnc3c(NCC(c4ccccc4)c4ccccc4)nc(N4CC[C@@H](NC(=O)Nc5cccc(S(N)(=O)=O)c5)C4)nc32)[C@H](O)[C@@H]1O. The van der Waals surface area contributed by atoms with Gasteiger partial charge in [-0.1, -0.05) is 66.7 Å². The lowest BCUT2D eigenvalue weighted by molar-refractivity contribution is 0.0142. The van der Waals surface area contributed by atoms with Gasteiger partial charge in [0.25, 0.3) is 0 Å². The number of nitrogens with two attached hydrogens (primary N) is 1. The third kappa shape index (κ3) is 8.31. The predicted molar refractivity (Wildman–Crippen MR) is 204 cm³/mol. The number of methoxy groups -OCH3 is 1. The van der Waals surface area contributed by atoms with E-state index in [9.17, 15) is 28.2 Å². The molecule has 1 saturated heterocycles. The van der Waals surface area contributed by atoms with Crippen LogP contribution in [0.2, 0.25) is 0 Å². The van der Waals surface area contributed by atoms with Gasteiger partial charge in [0, 0.05) is 37.3 Å². The number of nitrogens with one attached hydrogen (secondary N) is 4. The Labute approximate surface area is 317 Å². The number of alkyl carbamates (subject to hydrolysis) is 1. The van der Waals surface area contributed by atoms with E-state index in [4.69, 9.17) is 19.8 Å². The van der Waals surface area contributed by atoms with E-state index in [1.807, 2.05) is 41.3 Å². The van der Waals surface area contributed by atoms with Gasteiger partial charge in [-0.3, -0.25) is 0 Å². The fourth-order valence-corrected chi connectivity index (χ4v) is 7.77. The zero-order chi connectivity index (χ0) is 38.7. The van der Waals surface area contributed by atoms with Crippen LogP contribution in [0, 0.1) is 0 Å². The molecule has 3 aromatic carbocycles. The molecule has 1 aliphatic carbocycles. The molecule has 8 N–H and O–H groups in total. The van der Waals surface area contributed by atoms with Crippen LogP contribution in [0.1, 0.15) is 35.9 Å². The molecule has 2 aromatic heterocycles. The highest BCUT2D eigenvalue weighted by molar-refractivity contribution is 7.89. The lowest BCUT2D eigenvalue weighted by Gasteiger charge is -2.22. The summed E-state index contributed by atoms with van der Waals surface area (Å²) in [5.74, 6) is 0.770. The van der Waals surface area contributed by atoms with Crippen LogP contribution in [0.15, 0.2) is 96.2 Å². The normalized spacial score (nSPS) is 21.1. The zero-order valence-corrected chi connectivity index (χ0v) is 30.6. The molecule has 3 heterocycles. The standard InChI is InChI=1S/C37H42N10O7S/c1-54-37(51)43-28-18-29(32(49)31(28)48)47-21-40-30-33(39-19-27(22-9-4-2-5-10-22)23-11-6-3-7-12-23)44-35(45-34(30)47)46-16-15-25(20-46)42-36(50)41-24-13-8-14-26(17-24)55(38,52)53/h2-14,17,21,25,27-29,31-32,48-49H,15-16,18-20H2,1H3,(H,43,51)(H2,38,52,53)(H,39,44,45)(H2,41,42,50)/t25-,28+,29-,31-,32+/m1/s1. The summed E-state index contributed by atoms with van der Waals surface area (Å²) in [6, 6.07) is 23.6. The molecular weight excluding hydrogens is 729 g/mol. The number of nitrogens with zero attached hydrogens (tertiary/aromatic N) is 5. The number of rotatable bonds is 11. The monoisotopic (exact) mass is 770 g/mol. The van der Waals surface area contributed by atoms with Gasteiger partial charge in [0.1, 0.15) is 12.2 Å². The summed E-state index contributed by atoms with van der Waals surface area (Å²) in [6.45, 7) is 1.31. The maximum absolute atomic E-state index is 13.0. The van der Waals surface area contributed by atoms with Crippen molar-refractivity contribution in [1.29, 1.82) is 0 Å². The summed E-state index contributed by atoms with van der Waals surface area (Å²) < 4.78 is 30.0. The number of hydrogen-bond acceptors (Lipinski definition) is 12. The first kappa shape index (κ1) is 37.5. The minimum Gasteiger partial charge on any atom is -0.453 e. The van der Waals surface area contributed by atoms with Crippen molar-refractivity contribution in [3.63, 3.8) is 0 Å². The zero-order valence-electron chi connectivity index (χ0n) is 29.8. The van der Waals surface area contributed by atoms with Crippen molar-refractivity contribution in [3.05, 3.63) is 102 Å². The van der Waals surface area contributed by atoms with Crippen molar-refractivity contribution >= 4 is 50.8 Å². The largest absolute Gasteiger partial charge is 0.453 e. The number of primary sulfonamides is 1. The quantitative estimate of drug-likeness (QED) is 0.103. The second-order valence-corrected chi connectivity index (χ2v) is 15.1. The molecule has 0 bridgehead atoms. The maximum Gasteiger partial charge on any atom is 0.407 e.